The van der Waals surface area contributed by atoms with Crippen LogP contribution in [0.2, 0.25) is 5.02 Å². The Labute approximate surface area is 133 Å². The summed E-state index contributed by atoms with van der Waals surface area (Å²) in [5.41, 5.74) is 1.26. The lowest BCUT2D eigenvalue weighted by atomic mass is 10.0. The number of halogens is 1. The van der Waals surface area contributed by atoms with Crippen LogP contribution in [-0.2, 0) is 4.79 Å². The van der Waals surface area contributed by atoms with E-state index in [4.69, 9.17) is 16.3 Å². The van der Waals surface area contributed by atoms with Crippen molar-refractivity contribution in [2.75, 3.05) is 6.61 Å². The summed E-state index contributed by atoms with van der Waals surface area (Å²) in [5, 5.41) is 19.1. The zero-order valence-corrected chi connectivity index (χ0v) is 12.7. The van der Waals surface area contributed by atoms with Gasteiger partial charge in [-0.05, 0) is 48.4 Å². The Morgan fingerprint density at radius 3 is 2.45 bits per heavy atom. The first-order valence-electron chi connectivity index (χ1n) is 6.68. The van der Waals surface area contributed by atoms with Crippen molar-refractivity contribution in [2.45, 2.75) is 6.92 Å². The monoisotopic (exact) mass is 318 g/mol. The maximum atomic E-state index is 11.5. The van der Waals surface area contributed by atoms with Gasteiger partial charge in [0.15, 0.2) is 0 Å². The molecule has 0 bridgehead atoms. The minimum absolute atomic E-state index is 0.0811. The Morgan fingerprint density at radius 2 is 1.91 bits per heavy atom. The van der Waals surface area contributed by atoms with Crippen LogP contribution >= 0.6 is 11.6 Å². The number of aliphatic carboxylic acids is 1. The minimum atomic E-state index is -1.06. The molecule has 22 heavy (non-hydrogen) atoms. The topological polar surface area (TPSA) is 66.8 Å². The number of carboxylic acids is 1. The fraction of sp³-hybridized carbons (Fsp3) is 0.118. The number of phenols is 1. The SMILES string of the molecule is CCOc1ccc(/C=C(\C(=O)O)c2ccc(O)cc2)cc1Cl. The fourth-order valence-electron chi connectivity index (χ4n) is 1.96. The third-order valence-corrected chi connectivity index (χ3v) is 3.27. The summed E-state index contributed by atoms with van der Waals surface area (Å²) in [4.78, 5) is 11.5. The number of carbonyl (C=O) groups is 1. The van der Waals surface area contributed by atoms with Crippen molar-refractivity contribution in [1.82, 2.24) is 0 Å². The zero-order valence-electron chi connectivity index (χ0n) is 11.9. The lowest BCUT2D eigenvalue weighted by molar-refractivity contribution is -0.130. The maximum absolute atomic E-state index is 11.5. The molecular weight excluding hydrogens is 304 g/mol. The summed E-state index contributed by atoms with van der Waals surface area (Å²) >= 11 is 6.10. The van der Waals surface area contributed by atoms with Gasteiger partial charge in [-0.2, -0.15) is 0 Å². The highest BCUT2D eigenvalue weighted by Crippen LogP contribution is 2.28. The normalized spacial score (nSPS) is 11.3. The van der Waals surface area contributed by atoms with Crippen molar-refractivity contribution < 1.29 is 19.7 Å². The molecule has 4 nitrogen and oxygen atoms in total. The Balaban J connectivity index is 2.40. The number of hydrogen-bond acceptors (Lipinski definition) is 3. The minimum Gasteiger partial charge on any atom is -0.508 e. The predicted octanol–water partition coefficient (Wildman–Crippen LogP) is 4.07. The molecule has 114 valence electrons. The highest BCUT2D eigenvalue weighted by molar-refractivity contribution is 6.32. The lowest BCUT2D eigenvalue weighted by Gasteiger charge is -2.07. The van der Waals surface area contributed by atoms with Gasteiger partial charge in [0.25, 0.3) is 0 Å². The van der Waals surface area contributed by atoms with Gasteiger partial charge in [-0.3, -0.25) is 0 Å². The molecule has 0 amide bonds. The van der Waals surface area contributed by atoms with Gasteiger partial charge in [0.05, 0.1) is 17.2 Å². The molecule has 0 aliphatic carbocycles. The zero-order chi connectivity index (χ0) is 16.1. The van der Waals surface area contributed by atoms with E-state index in [1.165, 1.54) is 18.2 Å². The average Bonchev–Trinajstić information content (AvgIpc) is 2.48. The molecule has 0 fully saturated rings. The van der Waals surface area contributed by atoms with Gasteiger partial charge in [-0.1, -0.05) is 29.8 Å². The van der Waals surface area contributed by atoms with E-state index >= 15 is 0 Å². The first-order valence-corrected chi connectivity index (χ1v) is 7.05. The molecule has 0 aromatic heterocycles. The van der Waals surface area contributed by atoms with Crippen molar-refractivity contribution in [3.8, 4) is 11.5 Å². The third kappa shape index (κ3) is 3.80. The second-order valence-electron chi connectivity index (χ2n) is 4.53. The molecule has 0 atom stereocenters. The molecule has 0 saturated heterocycles. The van der Waals surface area contributed by atoms with Crippen LogP contribution in [-0.4, -0.2) is 22.8 Å². The van der Waals surface area contributed by atoms with E-state index in [9.17, 15) is 15.0 Å². The fourth-order valence-corrected chi connectivity index (χ4v) is 2.20. The predicted molar refractivity (Wildman–Crippen MR) is 86.2 cm³/mol. The molecule has 2 N–H and O–H groups in total. The smallest absolute Gasteiger partial charge is 0.336 e. The Kier molecular flexibility index (Phi) is 5.07. The number of phenolic OH excluding ortho intramolecular Hbond substituents is 1. The van der Waals surface area contributed by atoms with E-state index < -0.39 is 5.97 Å². The van der Waals surface area contributed by atoms with Gasteiger partial charge in [0.1, 0.15) is 11.5 Å². The van der Waals surface area contributed by atoms with Crippen molar-refractivity contribution in [1.29, 1.82) is 0 Å². The van der Waals surface area contributed by atoms with E-state index in [1.807, 2.05) is 6.92 Å². The first-order chi connectivity index (χ1) is 10.5. The molecule has 0 saturated carbocycles. The van der Waals surface area contributed by atoms with Crippen LogP contribution in [0.3, 0.4) is 0 Å². The quantitative estimate of drug-likeness (QED) is 0.644. The van der Waals surface area contributed by atoms with E-state index in [0.29, 0.717) is 28.5 Å². The van der Waals surface area contributed by atoms with Crippen LogP contribution in [0.25, 0.3) is 11.6 Å². The number of benzene rings is 2. The molecule has 0 heterocycles. The summed E-state index contributed by atoms with van der Waals surface area (Å²) in [5.74, 6) is -0.420. The molecular formula is C17H15ClO4. The third-order valence-electron chi connectivity index (χ3n) is 2.98. The van der Waals surface area contributed by atoms with Crippen LogP contribution < -0.4 is 4.74 Å². The summed E-state index contributed by atoms with van der Waals surface area (Å²) < 4.78 is 5.35. The second kappa shape index (κ2) is 7.00. The number of carboxylic acid groups (broad SMARTS) is 1. The molecule has 0 aliphatic heterocycles. The van der Waals surface area contributed by atoms with Gasteiger partial charge in [0, 0.05) is 0 Å². The summed E-state index contributed by atoms with van der Waals surface area (Å²) in [6, 6.07) is 11.1. The van der Waals surface area contributed by atoms with Gasteiger partial charge in [-0.15, -0.1) is 0 Å². The average molecular weight is 319 g/mol. The molecule has 0 aliphatic rings. The first kappa shape index (κ1) is 15.9. The van der Waals surface area contributed by atoms with Crippen molar-refractivity contribution in [3.63, 3.8) is 0 Å². The Bertz CT molecular complexity index is 705. The lowest BCUT2D eigenvalue weighted by Crippen LogP contribution is -1.99. The summed E-state index contributed by atoms with van der Waals surface area (Å²) in [6.07, 6.45) is 1.52. The van der Waals surface area contributed by atoms with Crippen molar-refractivity contribution in [2.24, 2.45) is 0 Å². The molecule has 0 radical (unpaired) electrons. The van der Waals surface area contributed by atoms with E-state index in [1.54, 1.807) is 30.3 Å². The highest BCUT2D eigenvalue weighted by atomic mass is 35.5. The molecule has 0 unspecified atom stereocenters. The largest absolute Gasteiger partial charge is 0.508 e. The number of aromatic hydroxyl groups is 1. The van der Waals surface area contributed by atoms with Gasteiger partial charge in [-0.25, -0.2) is 4.79 Å². The van der Waals surface area contributed by atoms with Crippen molar-refractivity contribution in [3.05, 3.63) is 58.6 Å². The molecule has 5 heteroatoms. The second-order valence-corrected chi connectivity index (χ2v) is 4.94. The summed E-state index contributed by atoms with van der Waals surface area (Å²) in [7, 11) is 0. The Hall–Kier alpha value is -2.46. The van der Waals surface area contributed by atoms with Crippen molar-refractivity contribution >= 4 is 29.2 Å². The molecule has 2 aromatic carbocycles. The van der Waals surface area contributed by atoms with E-state index in [-0.39, 0.29) is 11.3 Å². The summed E-state index contributed by atoms with van der Waals surface area (Å²) in [6.45, 7) is 2.36. The van der Waals surface area contributed by atoms with E-state index in [2.05, 4.69) is 0 Å². The van der Waals surface area contributed by atoms with Gasteiger partial charge >= 0.3 is 5.97 Å². The van der Waals surface area contributed by atoms with Crippen LogP contribution in [0.1, 0.15) is 18.1 Å². The van der Waals surface area contributed by atoms with Crippen LogP contribution in [0.5, 0.6) is 11.5 Å². The van der Waals surface area contributed by atoms with E-state index in [0.717, 1.165) is 0 Å². The van der Waals surface area contributed by atoms with Gasteiger partial charge in [0.2, 0.25) is 0 Å². The number of ether oxygens (including phenoxy) is 1. The molecule has 0 spiro atoms. The highest BCUT2D eigenvalue weighted by Gasteiger charge is 2.11. The molecule has 2 rings (SSSR count). The number of hydrogen-bond donors (Lipinski definition) is 2. The Morgan fingerprint density at radius 1 is 1.23 bits per heavy atom. The van der Waals surface area contributed by atoms with Crippen LogP contribution in [0.4, 0.5) is 0 Å². The standard InChI is InChI=1S/C17H15ClO4/c1-2-22-16-8-3-11(10-15(16)18)9-14(17(20)21)12-4-6-13(19)7-5-12/h3-10,19H,2H2,1H3,(H,20,21)/b14-9-. The number of rotatable bonds is 5. The maximum Gasteiger partial charge on any atom is 0.336 e. The molecule has 2 aromatic rings. The van der Waals surface area contributed by atoms with Crippen LogP contribution in [0, 0.1) is 0 Å². The van der Waals surface area contributed by atoms with Gasteiger partial charge < -0.3 is 14.9 Å². The van der Waals surface area contributed by atoms with Crippen LogP contribution in [0.15, 0.2) is 42.5 Å².